The fraction of sp³-hybridized carbons (Fsp3) is 0.822. The molecule has 0 saturated carbocycles. The highest BCUT2D eigenvalue weighted by Crippen LogP contribution is 2.17. The van der Waals surface area contributed by atoms with Gasteiger partial charge in [-0.15, -0.1) is 0 Å². The van der Waals surface area contributed by atoms with Crippen molar-refractivity contribution in [1.82, 2.24) is 0 Å². The molecule has 0 N–H and O–H groups in total. The maximum absolute atomic E-state index is 12.9. The summed E-state index contributed by atoms with van der Waals surface area (Å²) < 4.78 is 16.9. The molecular formula is C73H132O6. The second kappa shape index (κ2) is 67.6. The maximum atomic E-state index is 12.9. The molecule has 6 nitrogen and oxygen atoms in total. The number of ether oxygens (including phenoxy) is 3. The van der Waals surface area contributed by atoms with Crippen molar-refractivity contribution in [2.24, 2.45) is 0 Å². The Morgan fingerprint density at radius 3 is 0.747 bits per heavy atom. The van der Waals surface area contributed by atoms with Gasteiger partial charge in [-0.05, 0) is 109 Å². The molecule has 0 saturated heterocycles. The van der Waals surface area contributed by atoms with Crippen LogP contribution < -0.4 is 0 Å². The van der Waals surface area contributed by atoms with E-state index in [0.717, 1.165) is 83.5 Å². The van der Waals surface area contributed by atoms with Gasteiger partial charge < -0.3 is 14.2 Å². The molecule has 0 spiro atoms. The van der Waals surface area contributed by atoms with E-state index in [1.165, 1.54) is 244 Å². The lowest BCUT2D eigenvalue weighted by molar-refractivity contribution is -0.167. The van der Waals surface area contributed by atoms with Gasteiger partial charge in [-0.2, -0.15) is 0 Å². The van der Waals surface area contributed by atoms with E-state index in [0.29, 0.717) is 19.3 Å². The highest BCUT2D eigenvalue weighted by molar-refractivity contribution is 5.71. The Balaban J connectivity index is 4.12. The Hall–Kier alpha value is -2.89. The molecule has 0 amide bonds. The quantitative estimate of drug-likeness (QED) is 0.0261. The van der Waals surface area contributed by atoms with Gasteiger partial charge >= 0.3 is 17.9 Å². The molecule has 460 valence electrons. The van der Waals surface area contributed by atoms with Gasteiger partial charge in [0.05, 0.1) is 0 Å². The van der Waals surface area contributed by atoms with Crippen molar-refractivity contribution in [2.75, 3.05) is 13.2 Å². The first-order valence-corrected chi connectivity index (χ1v) is 34.8. The molecule has 0 heterocycles. The van der Waals surface area contributed by atoms with Crippen molar-refractivity contribution in [3.05, 3.63) is 60.8 Å². The summed E-state index contributed by atoms with van der Waals surface area (Å²) >= 11 is 0. The summed E-state index contributed by atoms with van der Waals surface area (Å²) in [5, 5.41) is 0. The summed E-state index contributed by atoms with van der Waals surface area (Å²) in [5.41, 5.74) is 0. The molecule has 1 atom stereocenters. The summed E-state index contributed by atoms with van der Waals surface area (Å²) in [6.07, 6.45) is 86.9. The Kier molecular flexibility index (Phi) is 65.1. The van der Waals surface area contributed by atoms with E-state index in [9.17, 15) is 14.4 Å². The molecule has 6 heteroatoms. The smallest absolute Gasteiger partial charge is 0.306 e. The Morgan fingerprint density at radius 2 is 0.456 bits per heavy atom. The minimum absolute atomic E-state index is 0.0765. The number of carbonyl (C=O) groups excluding carboxylic acids is 3. The molecule has 0 radical (unpaired) electrons. The third-order valence-corrected chi connectivity index (χ3v) is 15.5. The molecule has 0 aliphatic carbocycles. The first-order valence-electron chi connectivity index (χ1n) is 34.8. The van der Waals surface area contributed by atoms with Crippen molar-refractivity contribution in [1.29, 1.82) is 0 Å². The van der Waals surface area contributed by atoms with E-state index < -0.39 is 6.10 Å². The van der Waals surface area contributed by atoms with Crippen LogP contribution in [0.3, 0.4) is 0 Å². The average Bonchev–Trinajstić information content (AvgIpc) is 3.45. The van der Waals surface area contributed by atoms with Gasteiger partial charge in [-0.3, -0.25) is 14.4 Å². The van der Waals surface area contributed by atoms with Crippen molar-refractivity contribution in [3.63, 3.8) is 0 Å². The van der Waals surface area contributed by atoms with Gasteiger partial charge in [0, 0.05) is 19.3 Å². The highest BCUT2D eigenvalue weighted by Gasteiger charge is 2.19. The van der Waals surface area contributed by atoms with E-state index in [4.69, 9.17) is 14.2 Å². The lowest BCUT2D eigenvalue weighted by Gasteiger charge is -2.18. The molecule has 0 fully saturated rings. The topological polar surface area (TPSA) is 78.9 Å². The first kappa shape index (κ1) is 76.1. The third kappa shape index (κ3) is 65.8. The summed E-state index contributed by atoms with van der Waals surface area (Å²) in [7, 11) is 0. The minimum atomic E-state index is -0.780. The first-order chi connectivity index (χ1) is 39.0. The summed E-state index contributed by atoms with van der Waals surface area (Å²) in [4.78, 5) is 38.3. The number of rotatable bonds is 64. The summed E-state index contributed by atoms with van der Waals surface area (Å²) in [6, 6.07) is 0. The van der Waals surface area contributed by atoms with Crippen molar-refractivity contribution < 1.29 is 28.6 Å². The zero-order valence-electron chi connectivity index (χ0n) is 52.9. The van der Waals surface area contributed by atoms with E-state index in [1.54, 1.807) is 0 Å². The molecular weight excluding hydrogens is 973 g/mol. The zero-order chi connectivity index (χ0) is 57.1. The molecule has 79 heavy (non-hydrogen) atoms. The number of allylic oxidation sites excluding steroid dienone is 10. The molecule has 0 aliphatic rings. The van der Waals surface area contributed by atoms with Crippen molar-refractivity contribution >= 4 is 17.9 Å². The van der Waals surface area contributed by atoms with Gasteiger partial charge in [0.15, 0.2) is 6.10 Å². The zero-order valence-corrected chi connectivity index (χ0v) is 52.9. The lowest BCUT2D eigenvalue weighted by atomic mass is 10.0. The van der Waals surface area contributed by atoms with Crippen LogP contribution in [0, 0.1) is 0 Å². The van der Waals surface area contributed by atoms with Gasteiger partial charge in [0.1, 0.15) is 13.2 Å². The van der Waals surface area contributed by atoms with Crippen LogP contribution >= 0.6 is 0 Å². The van der Waals surface area contributed by atoms with Gasteiger partial charge in [0.2, 0.25) is 0 Å². The fourth-order valence-corrected chi connectivity index (χ4v) is 10.2. The molecule has 0 aromatic rings. The van der Waals surface area contributed by atoms with Gasteiger partial charge in [-0.25, -0.2) is 0 Å². The molecule has 0 aromatic carbocycles. The van der Waals surface area contributed by atoms with Crippen LogP contribution in [0.5, 0.6) is 0 Å². The minimum Gasteiger partial charge on any atom is -0.462 e. The fourth-order valence-electron chi connectivity index (χ4n) is 10.2. The van der Waals surface area contributed by atoms with Crippen LogP contribution in [0.4, 0.5) is 0 Å². The predicted molar refractivity (Wildman–Crippen MR) is 344 cm³/mol. The second-order valence-corrected chi connectivity index (χ2v) is 23.4. The Labute approximate surface area is 491 Å². The van der Waals surface area contributed by atoms with E-state index in [2.05, 4.69) is 81.5 Å². The SMILES string of the molecule is CCCCC/C=C\CCCCCCCC(=O)OCC(COC(=O)CCCCCCCCCCCCCCCCCCCC/C=C\C/C=C\C/C=C\CCCCCCC)OC(=O)CCCCCCC/C=C\CCCCCCCCC. The van der Waals surface area contributed by atoms with Crippen LogP contribution in [0.25, 0.3) is 0 Å². The summed E-state index contributed by atoms with van der Waals surface area (Å²) in [6.45, 7) is 6.63. The van der Waals surface area contributed by atoms with Crippen LogP contribution in [0.2, 0.25) is 0 Å². The lowest BCUT2D eigenvalue weighted by Crippen LogP contribution is -2.30. The number of carbonyl (C=O) groups is 3. The normalized spacial score (nSPS) is 12.4. The monoisotopic (exact) mass is 1110 g/mol. The molecule has 0 bridgehead atoms. The molecule has 0 rings (SSSR count). The van der Waals surface area contributed by atoms with Crippen LogP contribution in [0.15, 0.2) is 60.8 Å². The standard InChI is InChI=1S/C73H132O6/c1-4-7-10-13-16-19-22-25-27-29-30-31-32-33-34-35-36-37-38-39-40-41-42-43-44-45-47-48-51-54-57-60-63-66-72(75)78-69-70(68-77-71(74)65-62-59-56-53-50-24-21-18-15-12-9-6-3)79-73(76)67-64-61-58-55-52-49-46-28-26-23-20-17-14-11-8-5-2/h18,21-22,25,28-30,32-33,46,70H,4-17,19-20,23-24,26-27,31,34-45,47-69H2,1-3H3/b21-18-,25-22-,30-29-,33-32-,46-28-. The Bertz CT molecular complexity index is 1410. The third-order valence-electron chi connectivity index (χ3n) is 15.5. The molecule has 0 aliphatic heterocycles. The van der Waals surface area contributed by atoms with Crippen LogP contribution in [-0.2, 0) is 28.6 Å². The van der Waals surface area contributed by atoms with Crippen LogP contribution in [0.1, 0.15) is 367 Å². The van der Waals surface area contributed by atoms with Gasteiger partial charge in [0.25, 0.3) is 0 Å². The number of hydrogen-bond donors (Lipinski definition) is 0. The van der Waals surface area contributed by atoms with Gasteiger partial charge in [-0.1, -0.05) is 300 Å². The number of hydrogen-bond acceptors (Lipinski definition) is 6. The molecule has 1 unspecified atom stereocenters. The second-order valence-electron chi connectivity index (χ2n) is 23.4. The largest absolute Gasteiger partial charge is 0.462 e. The number of unbranched alkanes of at least 4 members (excludes halogenated alkanes) is 43. The van der Waals surface area contributed by atoms with E-state index in [-0.39, 0.29) is 31.1 Å². The maximum Gasteiger partial charge on any atom is 0.306 e. The van der Waals surface area contributed by atoms with Crippen molar-refractivity contribution in [3.8, 4) is 0 Å². The highest BCUT2D eigenvalue weighted by atomic mass is 16.6. The van der Waals surface area contributed by atoms with Crippen molar-refractivity contribution in [2.45, 2.75) is 374 Å². The van der Waals surface area contributed by atoms with E-state index in [1.807, 2.05) is 0 Å². The van der Waals surface area contributed by atoms with E-state index >= 15 is 0 Å². The number of esters is 3. The average molecular weight is 1110 g/mol. The Morgan fingerprint density at radius 1 is 0.253 bits per heavy atom. The predicted octanol–water partition coefficient (Wildman–Crippen LogP) is 23.9. The molecule has 0 aromatic heterocycles. The summed E-state index contributed by atoms with van der Waals surface area (Å²) in [5.74, 6) is -0.875. The van der Waals surface area contributed by atoms with Crippen LogP contribution in [-0.4, -0.2) is 37.2 Å².